The van der Waals surface area contributed by atoms with Crippen LogP contribution in [0.15, 0.2) is 56.4 Å². The minimum atomic E-state index is -0.840. The smallest absolute Gasteiger partial charge is 0.274 e. The summed E-state index contributed by atoms with van der Waals surface area (Å²) >= 11 is 2.32. The normalized spacial score (nSPS) is 10.6. The Hall–Kier alpha value is -5.54. The van der Waals surface area contributed by atoms with Crippen LogP contribution in [0.1, 0.15) is 72.8 Å². The number of amides is 4. The van der Waals surface area contributed by atoms with Crippen LogP contribution in [0.3, 0.4) is 0 Å². The van der Waals surface area contributed by atoms with E-state index >= 15 is 0 Å². The Kier molecular flexibility index (Phi) is 18.7. The van der Waals surface area contributed by atoms with Gasteiger partial charge < -0.3 is 49.9 Å². The van der Waals surface area contributed by atoms with E-state index in [-0.39, 0.29) is 83.8 Å². The summed E-state index contributed by atoms with van der Waals surface area (Å²) in [5.74, 6) is -3.54. The Morgan fingerprint density at radius 1 is 0.643 bits per heavy atom. The van der Waals surface area contributed by atoms with E-state index in [9.17, 15) is 28.0 Å². The Labute approximate surface area is 331 Å². The zero-order chi connectivity index (χ0) is 41.0. The highest BCUT2D eigenvalue weighted by Gasteiger charge is 2.21. The Balaban J connectivity index is 1.90. The van der Waals surface area contributed by atoms with Crippen molar-refractivity contribution in [1.29, 1.82) is 0 Å². The van der Waals surface area contributed by atoms with Crippen LogP contribution in [-0.4, -0.2) is 76.7 Å². The quantitative estimate of drug-likeness (QED) is 0.0304. The summed E-state index contributed by atoms with van der Waals surface area (Å²) < 4.78 is 29.9. The highest BCUT2D eigenvalue weighted by Crippen LogP contribution is 2.38. The second kappa shape index (κ2) is 23.4. The standard InChI is InChI=1S/C35H47F2N13O4S2/c1-2-3-4-7-28(51)47-22-14-20(36)16-24(30(22)55-12-10-43-34(39)40)49-32(53)26-18-27(46-19-45-26)33(54)50-25-17-21(37)15-23(48-29(52)8-5-6-9-38)31(25)56-13-11-44-35(41)42/h14-19H,2-13,38H2,1H3,(H,47,51)(H,48,52)(H,49,53)(H,50,54)(H4,39,40,43)(H4,41,42,44). The van der Waals surface area contributed by atoms with Crippen LogP contribution >= 0.6 is 23.5 Å². The number of carbonyl (C=O) groups excluding carboxylic acids is 4. The third-order valence-corrected chi connectivity index (χ3v) is 9.64. The number of nitrogens with two attached hydrogens (primary N) is 5. The van der Waals surface area contributed by atoms with E-state index in [1.54, 1.807) is 0 Å². The van der Waals surface area contributed by atoms with Gasteiger partial charge in [-0.3, -0.25) is 29.2 Å². The molecule has 0 unspecified atom stereocenters. The molecule has 14 N–H and O–H groups in total. The molecule has 1 aromatic heterocycles. The number of hydrogen-bond donors (Lipinski definition) is 9. The van der Waals surface area contributed by atoms with Gasteiger partial charge in [0.05, 0.1) is 45.6 Å². The number of carbonyl (C=O) groups is 4. The van der Waals surface area contributed by atoms with Gasteiger partial charge in [-0.05, 0) is 50.1 Å². The monoisotopic (exact) mass is 815 g/mol. The first-order valence-electron chi connectivity index (χ1n) is 17.6. The summed E-state index contributed by atoms with van der Waals surface area (Å²) in [7, 11) is 0. The SMILES string of the molecule is CCCCCC(=O)Nc1cc(F)cc(NC(=O)c2cc(C(=O)Nc3cc(F)cc(NC(=O)CCCCN)c3SCCN=C(N)N)ncn2)c1SCCN=C(N)N. The van der Waals surface area contributed by atoms with Crippen molar-refractivity contribution in [3.8, 4) is 0 Å². The molecule has 0 aliphatic carbocycles. The third-order valence-electron chi connectivity index (χ3n) is 7.41. The highest BCUT2D eigenvalue weighted by atomic mass is 32.2. The molecule has 3 rings (SSSR count). The van der Waals surface area contributed by atoms with Crippen LogP contribution in [0.2, 0.25) is 0 Å². The van der Waals surface area contributed by atoms with Gasteiger partial charge in [-0.25, -0.2) is 18.7 Å². The van der Waals surface area contributed by atoms with Crippen molar-refractivity contribution in [3.63, 3.8) is 0 Å². The first-order valence-corrected chi connectivity index (χ1v) is 19.6. The van der Waals surface area contributed by atoms with Crippen molar-refractivity contribution in [1.82, 2.24) is 9.97 Å². The first kappa shape index (κ1) is 44.9. The highest BCUT2D eigenvalue weighted by molar-refractivity contribution is 7.99. The van der Waals surface area contributed by atoms with E-state index in [0.717, 1.165) is 61.3 Å². The summed E-state index contributed by atoms with van der Waals surface area (Å²) in [4.78, 5) is 68.9. The summed E-state index contributed by atoms with van der Waals surface area (Å²) in [5.41, 5.74) is 27.0. The topological polar surface area (TPSA) is 297 Å². The van der Waals surface area contributed by atoms with Gasteiger partial charge in [-0.15, -0.1) is 23.5 Å². The molecular weight excluding hydrogens is 769 g/mol. The van der Waals surface area contributed by atoms with Crippen molar-refractivity contribution >= 4 is 81.8 Å². The molecular formula is C35H47F2N13O4S2. The molecule has 1 heterocycles. The van der Waals surface area contributed by atoms with Crippen LogP contribution in [0.5, 0.6) is 0 Å². The van der Waals surface area contributed by atoms with E-state index in [2.05, 4.69) is 41.2 Å². The second-order valence-corrected chi connectivity index (χ2v) is 14.2. The average Bonchev–Trinajstić information content (AvgIpc) is 3.13. The third kappa shape index (κ3) is 15.3. The predicted octanol–water partition coefficient (Wildman–Crippen LogP) is 3.58. The van der Waals surface area contributed by atoms with Crippen molar-refractivity contribution in [3.05, 3.63) is 59.7 Å². The van der Waals surface area contributed by atoms with Gasteiger partial charge in [0.15, 0.2) is 11.9 Å². The van der Waals surface area contributed by atoms with Crippen molar-refractivity contribution < 1.29 is 28.0 Å². The number of anilines is 4. The number of aliphatic imine (C=N–C) groups is 2. The lowest BCUT2D eigenvalue weighted by Crippen LogP contribution is -2.23. The number of aromatic nitrogens is 2. The van der Waals surface area contributed by atoms with E-state index in [0.29, 0.717) is 47.1 Å². The van der Waals surface area contributed by atoms with E-state index in [1.807, 2.05) is 6.92 Å². The number of nitrogens with zero attached hydrogens (tertiary/aromatic N) is 4. The van der Waals surface area contributed by atoms with Crippen LogP contribution in [-0.2, 0) is 9.59 Å². The molecule has 0 radical (unpaired) electrons. The van der Waals surface area contributed by atoms with Gasteiger partial charge in [0.1, 0.15) is 29.3 Å². The summed E-state index contributed by atoms with van der Waals surface area (Å²) in [6.45, 7) is 2.79. The summed E-state index contributed by atoms with van der Waals surface area (Å²) in [6, 6.07) is 5.50. The fourth-order valence-electron chi connectivity index (χ4n) is 4.88. The van der Waals surface area contributed by atoms with Gasteiger partial charge in [0.2, 0.25) is 11.8 Å². The van der Waals surface area contributed by atoms with E-state index in [4.69, 9.17) is 28.7 Å². The van der Waals surface area contributed by atoms with Crippen molar-refractivity contribution in [2.24, 2.45) is 38.7 Å². The molecule has 56 heavy (non-hydrogen) atoms. The van der Waals surface area contributed by atoms with Crippen LogP contribution in [0.25, 0.3) is 0 Å². The molecule has 4 amide bonds. The van der Waals surface area contributed by atoms with Crippen LogP contribution in [0, 0.1) is 11.6 Å². The maximum absolute atomic E-state index is 14.9. The first-order chi connectivity index (χ1) is 26.8. The largest absolute Gasteiger partial charge is 0.370 e. The molecule has 21 heteroatoms. The lowest BCUT2D eigenvalue weighted by atomic mass is 10.2. The predicted molar refractivity (Wildman–Crippen MR) is 218 cm³/mol. The maximum atomic E-state index is 14.9. The molecule has 302 valence electrons. The van der Waals surface area contributed by atoms with Crippen LogP contribution in [0.4, 0.5) is 31.5 Å². The van der Waals surface area contributed by atoms with Gasteiger partial charge >= 0.3 is 0 Å². The lowest BCUT2D eigenvalue weighted by molar-refractivity contribution is -0.117. The number of unbranched alkanes of at least 4 members (excludes halogenated alkanes) is 3. The number of benzene rings is 2. The number of nitrogens with one attached hydrogen (secondary N) is 4. The fourth-order valence-corrected chi connectivity index (χ4v) is 6.72. The molecule has 2 aromatic carbocycles. The number of guanidine groups is 2. The molecule has 0 aliphatic heterocycles. The molecule has 0 spiro atoms. The molecule has 0 saturated carbocycles. The number of hydrogen-bond acceptors (Lipinski definition) is 11. The van der Waals surface area contributed by atoms with Crippen LogP contribution < -0.4 is 49.9 Å². The van der Waals surface area contributed by atoms with Gasteiger partial charge in [-0.2, -0.15) is 0 Å². The Morgan fingerprint density at radius 3 is 1.45 bits per heavy atom. The molecule has 0 atom stereocenters. The molecule has 3 aromatic rings. The lowest BCUT2D eigenvalue weighted by Gasteiger charge is -2.17. The number of halogens is 2. The van der Waals surface area contributed by atoms with Gasteiger partial charge in [0.25, 0.3) is 11.8 Å². The molecule has 0 saturated heterocycles. The van der Waals surface area contributed by atoms with E-state index < -0.39 is 23.4 Å². The molecule has 0 bridgehead atoms. The fraction of sp³-hybridized carbons (Fsp3) is 0.371. The van der Waals surface area contributed by atoms with Gasteiger partial charge in [0, 0.05) is 30.4 Å². The number of rotatable bonds is 22. The molecule has 17 nitrogen and oxygen atoms in total. The zero-order valence-corrected chi connectivity index (χ0v) is 32.5. The summed E-state index contributed by atoms with van der Waals surface area (Å²) in [5, 5.41) is 10.6. The minimum Gasteiger partial charge on any atom is -0.370 e. The zero-order valence-electron chi connectivity index (χ0n) is 30.8. The number of thioether (sulfide) groups is 2. The maximum Gasteiger partial charge on any atom is 0.274 e. The van der Waals surface area contributed by atoms with Gasteiger partial charge in [-0.1, -0.05) is 19.8 Å². The molecule has 0 aliphatic rings. The van der Waals surface area contributed by atoms with Crippen molar-refractivity contribution in [2.75, 3.05) is 52.4 Å². The Morgan fingerprint density at radius 2 is 1.05 bits per heavy atom. The summed E-state index contributed by atoms with van der Waals surface area (Å²) in [6.07, 6.45) is 4.87. The molecule has 0 fully saturated rings. The average molecular weight is 816 g/mol. The second-order valence-electron chi connectivity index (χ2n) is 12.0. The minimum absolute atomic E-state index is 0.00186. The Bertz CT molecular complexity index is 1780. The van der Waals surface area contributed by atoms with E-state index in [1.165, 1.54) is 11.8 Å². The van der Waals surface area contributed by atoms with Crippen molar-refractivity contribution in [2.45, 2.75) is 61.7 Å².